The van der Waals surface area contributed by atoms with Crippen molar-refractivity contribution in [1.82, 2.24) is 14.8 Å². The molecule has 0 bridgehead atoms. The minimum absolute atomic E-state index is 0.527. The molecule has 2 aromatic rings. The summed E-state index contributed by atoms with van der Waals surface area (Å²) in [6, 6.07) is 7.95. The summed E-state index contributed by atoms with van der Waals surface area (Å²) in [5.74, 6) is 2.72. The maximum absolute atomic E-state index is 6.01. The molecule has 0 spiro atoms. The normalized spacial score (nSPS) is 18.7. The van der Waals surface area contributed by atoms with E-state index in [1.54, 1.807) is 0 Å². The van der Waals surface area contributed by atoms with E-state index in [1.807, 2.05) is 18.2 Å². The van der Waals surface area contributed by atoms with E-state index in [2.05, 4.69) is 27.8 Å². The smallest absolute Gasteiger partial charge is 0.137 e. The first-order chi connectivity index (χ1) is 8.74. The van der Waals surface area contributed by atoms with E-state index in [0.717, 1.165) is 29.6 Å². The zero-order valence-electron chi connectivity index (χ0n) is 10.4. The summed E-state index contributed by atoms with van der Waals surface area (Å²) in [6.45, 7) is 3.27. The van der Waals surface area contributed by atoms with Gasteiger partial charge in [-0.05, 0) is 30.5 Å². The van der Waals surface area contributed by atoms with E-state index in [-0.39, 0.29) is 0 Å². The quantitative estimate of drug-likeness (QED) is 0.829. The fraction of sp³-hybridized carbons (Fsp3) is 0.429. The molecular formula is C14H16ClN3. The Hall–Kier alpha value is -1.35. The van der Waals surface area contributed by atoms with Crippen LogP contribution in [-0.2, 0) is 13.0 Å². The highest BCUT2D eigenvalue weighted by molar-refractivity contribution is 6.30. The molecule has 94 valence electrons. The van der Waals surface area contributed by atoms with E-state index in [4.69, 9.17) is 11.6 Å². The lowest BCUT2D eigenvalue weighted by atomic mass is 10.0. The van der Waals surface area contributed by atoms with Gasteiger partial charge >= 0.3 is 0 Å². The molecular weight excluding hydrogens is 246 g/mol. The van der Waals surface area contributed by atoms with Gasteiger partial charge in [0.25, 0.3) is 0 Å². The molecule has 0 radical (unpaired) electrons. The highest BCUT2D eigenvalue weighted by atomic mass is 35.5. The van der Waals surface area contributed by atoms with Gasteiger partial charge in [-0.15, -0.1) is 10.2 Å². The minimum Gasteiger partial charge on any atom is -0.314 e. The standard InChI is InChI=1S/C14H16ClN3/c1-10-4-3-7-18-13(16-17-14(10)18)9-11-5-2-6-12(15)8-11/h2,5-6,8,10H,3-4,7,9H2,1H3. The van der Waals surface area contributed by atoms with Gasteiger partial charge in [-0.2, -0.15) is 0 Å². The minimum atomic E-state index is 0.527. The van der Waals surface area contributed by atoms with Crippen molar-refractivity contribution in [2.24, 2.45) is 0 Å². The van der Waals surface area contributed by atoms with Gasteiger partial charge in [0.1, 0.15) is 11.6 Å². The van der Waals surface area contributed by atoms with E-state index >= 15 is 0 Å². The second kappa shape index (κ2) is 4.73. The number of nitrogens with zero attached hydrogens (tertiary/aromatic N) is 3. The average Bonchev–Trinajstić information content (AvgIpc) is 2.74. The number of benzene rings is 1. The van der Waals surface area contributed by atoms with E-state index < -0.39 is 0 Å². The van der Waals surface area contributed by atoms with Gasteiger partial charge in [0, 0.05) is 23.9 Å². The number of rotatable bonds is 2. The molecule has 1 aromatic heterocycles. The molecule has 1 unspecified atom stereocenters. The van der Waals surface area contributed by atoms with Crippen molar-refractivity contribution in [3.8, 4) is 0 Å². The fourth-order valence-electron chi connectivity index (χ4n) is 2.60. The zero-order valence-corrected chi connectivity index (χ0v) is 11.2. The average molecular weight is 262 g/mol. The first-order valence-electron chi connectivity index (χ1n) is 6.40. The summed E-state index contributed by atoms with van der Waals surface area (Å²) in [5.41, 5.74) is 1.19. The molecule has 3 rings (SSSR count). The topological polar surface area (TPSA) is 30.7 Å². The van der Waals surface area contributed by atoms with Gasteiger partial charge in [0.2, 0.25) is 0 Å². The molecule has 1 aliphatic rings. The van der Waals surface area contributed by atoms with Crippen LogP contribution >= 0.6 is 11.6 Å². The molecule has 0 saturated heterocycles. The van der Waals surface area contributed by atoms with Gasteiger partial charge in [-0.25, -0.2) is 0 Å². The van der Waals surface area contributed by atoms with Crippen LogP contribution in [0.5, 0.6) is 0 Å². The van der Waals surface area contributed by atoms with Gasteiger partial charge in [0.05, 0.1) is 0 Å². The summed E-state index contributed by atoms with van der Waals surface area (Å²) >= 11 is 6.01. The summed E-state index contributed by atoms with van der Waals surface area (Å²) < 4.78 is 2.27. The third kappa shape index (κ3) is 2.15. The lowest BCUT2D eigenvalue weighted by Crippen LogP contribution is -2.16. The van der Waals surface area contributed by atoms with Crippen LogP contribution in [0.1, 0.15) is 42.9 Å². The van der Waals surface area contributed by atoms with E-state index in [9.17, 15) is 0 Å². The molecule has 1 aliphatic heterocycles. The molecule has 0 fully saturated rings. The Morgan fingerprint density at radius 3 is 3.11 bits per heavy atom. The molecule has 4 heteroatoms. The highest BCUT2D eigenvalue weighted by Crippen LogP contribution is 2.26. The molecule has 0 aliphatic carbocycles. The van der Waals surface area contributed by atoms with Gasteiger partial charge in [-0.3, -0.25) is 0 Å². The Morgan fingerprint density at radius 2 is 2.28 bits per heavy atom. The number of hydrogen-bond donors (Lipinski definition) is 0. The maximum atomic E-state index is 6.01. The Labute approximate surface area is 112 Å². The van der Waals surface area contributed by atoms with Crippen molar-refractivity contribution in [3.63, 3.8) is 0 Å². The number of hydrogen-bond acceptors (Lipinski definition) is 2. The van der Waals surface area contributed by atoms with Crippen LogP contribution in [0.3, 0.4) is 0 Å². The third-order valence-electron chi connectivity index (χ3n) is 3.57. The second-order valence-electron chi connectivity index (χ2n) is 4.98. The molecule has 0 N–H and O–H groups in total. The molecule has 3 nitrogen and oxygen atoms in total. The van der Waals surface area contributed by atoms with Crippen molar-refractivity contribution in [2.75, 3.05) is 0 Å². The van der Waals surface area contributed by atoms with Crippen molar-refractivity contribution in [3.05, 3.63) is 46.5 Å². The molecule has 2 heterocycles. The Balaban J connectivity index is 1.90. The third-order valence-corrected chi connectivity index (χ3v) is 3.80. The summed E-state index contributed by atoms with van der Waals surface area (Å²) in [4.78, 5) is 0. The van der Waals surface area contributed by atoms with Crippen molar-refractivity contribution >= 4 is 11.6 Å². The summed E-state index contributed by atoms with van der Waals surface area (Å²) in [7, 11) is 0. The molecule has 18 heavy (non-hydrogen) atoms. The van der Waals surface area contributed by atoms with E-state index in [0.29, 0.717) is 5.92 Å². The van der Waals surface area contributed by atoms with Gasteiger partial charge < -0.3 is 4.57 Å². The lowest BCUT2D eigenvalue weighted by molar-refractivity contribution is 0.456. The van der Waals surface area contributed by atoms with Crippen LogP contribution in [0.4, 0.5) is 0 Å². The predicted octanol–water partition coefficient (Wildman–Crippen LogP) is 3.42. The van der Waals surface area contributed by atoms with Crippen molar-refractivity contribution in [2.45, 2.75) is 38.6 Å². The van der Waals surface area contributed by atoms with Crippen molar-refractivity contribution in [1.29, 1.82) is 0 Å². The number of halogens is 1. The first kappa shape index (κ1) is 11.7. The Kier molecular flexibility index (Phi) is 3.08. The fourth-order valence-corrected chi connectivity index (χ4v) is 2.82. The largest absolute Gasteiger partial charge is 0.314 e. The van der Waals surface area contributed by atoms with Crippen LogP contribution in [0, 0.1) is 0 Å². The lowest BCUT2D eigenvalue weighted by Gasteiger charge is -2.20. The van der Waals surface area contributed by atoms with Crippen LogP contribution in [0.2, 0.25) is 5.02 Å². The summed E-state index contributed by atoms with van der Waals surface area (Å²) in [5, 5.41) is 9.46. The molecule has 1 aromatic carbocycles. The monoisotopic (exact) mass is 261 g/mol. The Bertz CT molecular complexity index is 562. The SMILES string of the molecule is CC1CCCn2c(Cc3cccc(Cl)c3)nnc21. The van der Waals surface area contributed by atoms with Gasteiger partial charge in [0.15, 0.2) is 0 Å². The number of aromatic nitrogens is 3. The predicted molar refractivity (Wildman–Crippen MR) is 71.9 cm³/mol. The number of fused-ring (bicyclic) bond motifs is 1. The Morgan fingerprint density at radius 1 is 1.39 bits per heavy atom. The molecule has 0 amide bonds. The van der Waals surface area contributed by atoms with Crippen molar-refractivity contribution < 1.29 is 0 Å². The van der Waals surface area contributed by atoms with Gasteiger partial charge in [-0.1, -0.05) is 30.7 Å². The molecule has 0 saturated carbocycles. The zero-order chi connectivity index (χ0) is 12.5. The second-order valence-corrected chi connectivity index (χ2v) is 5.41. The molecule has 1 atom stereocenters. The highest BCUT2D eigenvalue weighted by Gasteiger charge is 2.21. The van der Waals surface area contributed by atoms with E-state index in [1.165, 1.54) is 18.4 Å². The summed E-state index contributed by atoms with van der Waals surface area (Å²) in [6.07, 6.45) is 3.24. The van der Waals surface area contributed by atoms with Crippen LogP contribution in [0.25, 0.3) is 0 Å². The first-order valence-corrected chi connectivity index (χ1v) is 6.78. The van der Waals surface area contributed by atoms with Crippen LogP contribution in [0.15, 0.2) is 24.3 Å². The van der Waals surface area contributed by atoms with Crippen LogP contribution in [-0.4, -0.2) is 14.8 Å². The van der Waals surface area contributed by atoms with Crippen LogP contribution < -0.4 is 0 Å². The maximum Gasteiger partial charge on any atom is 0.137 e.